The van der Waals surface area contributed by atoms with E-state index in [-0.39, 0.29) is 37.3 Å². The first-order valence-electron chi connectivity index (χ1n) is 13.6. The van der Waals surface area contributed by atoms with E-state index in [4.69, 9.17) is 0 Å². The van der Waals surface area contributed by atoms with Crippen molar-refractivity contribution in [2.75, 3.05) is 13.2 Å². The maximum atomic E-state index is 13.7. The lowest BCUT2D eigenvalue weighted by Crippen LogP contribution is -2.50. The number of nitrogens with zero attached hydrogens (tertiary/aromatic N) is 4. The van der Waals surface area contributed by atoms with Gasteiger partial charge in [-0.1, -0.05) is 81.4 Å². The van der Waals surface area contributed by atoms with Gasteiger partial charge < -0.3 is 20.4 Å². The Morgan fingerprint density at radius 3 is 2.36 bits per heavy atom. The molecule has 0 spiro atoms. The van der Waals surface area contributed by atoms with E-state index in [1.54, 1.807) is 10.9 Å². The Morgan fingerprint density at radius 2 is 1.77 bits per heavy atom. The van der Waals surface area contributed by atoms with Crippen LogP contribution in [0.5, 0.6) is 0 Å². The summed E-state index contributed by atoms with van der Waals surface area (Å²) in [7, 11) is 0. The van der Waals surface area contributed by atoms with E-state index in [9.17, 15) is 19.8 Å². The standard InChI is InChI=1S/C30H39N5O4/c1-18(2)25-16-35(33-32-25)28(19(3)4)30(39)34-15-23(37)14-27(34)29(38)31-26(17-36)22-12-10-21(11-13-22)24-9-7-6-8-20(24)5/h6-13,16,18-19,23,26-28,36-37H,14-15,17H2,1-5H3,(H,31,38)/t23-,26+,27+,28+/m1/s1. The van der Waals surface area contributed by atoms with E-state index in [1.807, 2.05) is 64.1 Å². The van der Waals surface area contributed by atoms with Crippen molar-refractivity contribution in [1.29, 1.82) is 0 Å². The van der Waals surface area contributed by atoms with Crippen LogP contribution in [0.15, 0.2) is 54.7 Å². The van der Waals surface area contributed by atoms with Crippen LogP contribution in [0.3, 0.4) is 0 Å². The molecule has 9 nitrogen and oxygen atoms in total. The number of hydrogen-bond donors (Lipinski definition) is 3. The zero-order valence-electron chi connectivity index (χ0n) is 23.3. The summed E-state index contributed by atoms with van der Waals surface area (Å²) in [4.78, 5) is 28.6. The third kappa shape index (κ3) is 6.20. The Hall–Kier alpha value is -3.56. The highest BCUT2D eigenvalue weighted by Crippen LogP contribution is 2.29. The molecule has 0 saturated carbocycles. The summed E-state index contributed by atoms with van der Waals surface area (Å²) < 4.78 is 1.56. The fraction of sp³-hybridized carbons (Fsp3) is 0.467. The summed E-state index contributed by atoms with van der Waals surface area (Å²) in [6.45, 7) is 9.66. The van der Waals surface area contributed by atoms with Gasteiger partial charge in [-0.25, -0.2) is 4.68 Å². The zero-order chi connectivity index (χ0) is 28.3. The van der Waals surface area contributed by atoms with Crippen molar-refractivity contribution in [3.8, 4) is 11.1 Å². The van der Waals surface area contributed by atoms with Gasteiger partial charge in [-0.05, 0) is 41.0 Å². The van der Waals surface area contributed by atoms with Crippen molar-refractivity contribution >= 4 is 11.8 Å². The van der Waals surface area contributed by atoms with Crippen LogP contribution in [0.25, 0.3) is 11.1 Å². The van der Waals surface area contributed by atoms with Gasteiger partial charge in [0.2, 0.25) is 11.8 Å². The lowest BCUT2D eigenvalue weighted by molar-refractivity contribution is -0.142. The Balaban J connectivity index is 1.51. The van der Waals surface area contributed by atoms with Gasteiger partial charge in [-0.2, -0.15) is 0 Å². The van der Waals surface area contributed by atoms with Crippen LogP contribution in [-0.4, -0.2) is 67.2 Å². The molecule has 0 unspecified atom stereocenters. The Kier molecular flexibility index (Phi) is 8.82. The number of β-amino-alcohol motifs (C(OH)–C–C–N with tert-alkyl or cyclic N) is 1. The normalized spacial score (nSPS) is 18.9. The third-order valence-corrected chi connectivity index (χ3v) is 7.42. The van der Waals surface area contributed by atoms with E-state index in [1.165, 1.54) is 4.90 Å². The first kappa shape index (κ1) is 28.4. The molecule has 9 heteroatoms. The molecule has 0 bridgehead atoms. The molecule has 1 aromatic heterocycles. The number of nitrogens with one attached hydrogen (secondary N) is 1. The monoisotopic (exact) mass is 533 g/mol. The molecule has 4 rings (SSSR count). The molecule has 2 amide bonds. The molecular weight excluding hydrogens is 494 g/mol. The average Bonchev–Trinajstić information content (AvgIpc) is 3.55. The first-order valence-corrected chi connectivity index (χ1v) is 13.6. The molecule has 1 aliphatic rings. The van der Waals surface area contributed by atoms with Gasteiger partial charge >= 0.3 is 0 Å². The summed E-state index contributed by atoms with van der Waals surface area (Å²) in [6, 6.07) is 13.7. The fourth-order valence-corrected chi connectivity index (χ4v) is 5.16. The summed E-state index contributed by atoms with van der Waals surface area (Å²) >= 11 is 0. The molecule has 2 heterocycles. The van der Waals surface area contributed by atoms with Crippen molar-refractivity contribution < 1.29 is 19.8 Å². The Morgan fingerprint density at radius 1 is 1.08 bits per heavy atom. The van der Waals surface area contributed by atoms with Crippen molar-refractivity contribution in [2.45, 2.75) is 71.2 Å². The van der Waals surface area contributed by atoms with Gasteiger partial charge in [0.05, 0.1) is 24.4 Å². The second kappa shape index (κ2) is 12.1. The predicted octanol–water partition coefficient (Wildman–Crippen LogP) is 3.39. The zero-order valence-corrected chi connectivity index (χ0v) is 23.3. The van der Waals surface area contributed by atoms with Gasteiger partial charge in [0.25, 0.3) is 0 Å². The molecule has 2 aromatic carbocycles. The fourth-order valence-electron chi connectivity index (χ4n) is 5.16. The second-order valence-corrected chi connectivity index (χ2v) is 11.0. The quantitative estimate of drug-likeness (QED) is 0.388. The summed E-state index contributed by atoms with van der Waals surface area (Å²) in [6.07, 6.45) is 1.08. The van der Waals surface area contributed by atoms with E-state index < -0.39 is 30.1 Å². The van der Waals surface area contributed by atoms with Crippen molar-refractivity contribution in [3.63, 3.8) is 0 Å². The number of aliphatic hydroxyl groups is 2. The van der Waals surface area contributed by atoms with Crippen molar-refractivity contribution in [2.24, 2.45) is 5.92 Å². The van der Waals surface area contributed by atoms with Gasteiger partial charge in [-0.15, -0.1) is 5.10 Å². The van der Waals surface area contributed by atoms with E-state index in [0.29, 0.717) is 0 Å². The number of aliphatic hydroxyl groups excluding tert-OH is 2. The minimum atomic E-state index is -0.859. The SMILES string of the molecule is Cc1ccccc1-c1ccc([C@H](CO)NC(=O)[C@@H]2C[C@@H](O)CN2C(=O)[C@H](C(C)C)n2cc(C(C)C)nn2)cc1. The van der Waals surface area contributed by atoms with Crippen LogP contribution in [0.1, 0.15) is 68.9 Å². The molecule has 3 N–H and O–H groups in total. The second-order valence-electron chi connectivity index (χ2n) is 11.0. The van der Waals surface area contributed by atoms with Gasteiger partial charge in [-0.3, -0.25) is 9.59 Å². The molecule has 0 aliphatic carbocycles. The van der Waals surface area contributed by atoms with Gasteiger partial charge in [0, 0.05) is 19.2 Å². The number of hydrogen-bond acceptors (Lipinski definition) is 6. The maximum Gasteiger partial charge on any atom is 0.248 e. The summed E-state index contributed by atoms with van der Waals surface area (Å²) in [5, 5.41) is 31.9. The molecule has 1 fully saturated rings. The molecule has 1 aliphatic heterocycles. The van der Waals surface area contributed by atoms with E-state index in [2.05, 4.69) is 34.7 Å². The summed E-state index contributed by atoms with van der Waals surface area (Å²) in [5.74, 6) is -0.649. The largest absolute Gasteiger partial charge is 0.394 e. The lowest BCUT2D eigenvalue weighted by Gasteiger charge is -2.30. The smallest absolute Gasteiger partial charge is 0.248 e. The number of benzene rings is 2. The van der Waals surface area contributed by atoms with Crippen LogP contribution in [0.4, 0.5) is 0 Å². The average molecular weight is 534 g/mol. The molecule has 0 radical (unpaired) electrons. The number of rotatable bonds is 9. The highest BCUT2D eigenvalue weighted by molar-refractivity contribution is 5.90. The minimum Gasteiger partial charge on any atom is -0.394 e. The van der Waals surface area contributed by atoms with E-state index >= 15 is 0 Å². The maximum absolute atomic E-state index is 13.7. The molecule has 1 saturated heterocycles. The van der Waals surface area contributed by atoms with Crippen LogP contribution in [0, 0.1) is 12.8 Å². The van der Waals surface area contributed by atoms with Gasteiger partial charge in [0.15, 0.2) is 0 Å². The number of carbonyl (C=O) groups excluding carboxylic acids is 2. The third-order valence-electron chi connectivity index (χ3n) is 7.42. The van der Waals surface area contributed by atoms with Crippen molar-refractivity contribution in [1.82, 2.24) is 25.2 Å². The molecule has 208 valence electrons. The topological polar surface area (TPSA) is 121 Å². The van der Waals surface area contributed by atoms with Crippen LogP contribution < -0.4 is 5.32 Å². The van der Waals surface area contributed by atoms with Gasteiger partial charge in [0.1, 0.15) is 12.1 Å². The molecule has 3 aromatic rings. The minimum absolute atomic E-state index is 0.0563. The highest BCUT2D eigenvalue weighted by atomic mass is 16.3. The highest BCUT2D eigenvalue weighted by Gasteiger charge is 2.43. The van der Waals surface area contributed by atoms with Crippen LogP contribution in [-0.2, 0) is 9.59 Å². The molecular formula is C30H39N5O4. The summed E-state index contributed by atoms with van der Waals surface area (Å²) in [5.41, 5.74) is 4.86. The van der Waals surface area contributed by atoms with Crippen LogP contribution >= 0.6 is 0 Å². The predicted molar refractivity (Wildman–Crippen MR) is 149 cm³/mol. The van der Waals surface area contributed by atoms with E-state index in [0.717, 1.165) is 27.9 Å². The number of carbonyl (C=O) groups is 2. The lowest BCUT2D eigenvalue weighted by atomic mass is 9.97. The van der Waals surface area contributed by atoms with Crippen molar-refractivity contribution in [3.05, 3.63) is 71.5 Å². The number of likely N-dealkylation sites (tertiary alicyclic amines) is 1. The Labute approximate surface area is 229 Å². The first-order chi connectivity index (χ1) is 18.6. The molecule has 4 atom stereocenters. The number of amides is 2. The van der Waals surface area contributed by atoms with Crippen LogP contribution in [0.2, 0.25) is 0 Å². The molecule has 39 heavy (non-hydrogen) atoms. The number of aryl methyl sites for hydroxylation is 1. The number of aromatic nitrogens is 3. The Bertz CT molecular complexity index is 1290.